The van der Waals surface area contributed by atoms with Crippen molar-refractivity contribution in [3.8, 4) is 11.1 Å². The van der Waals surface area contributed by atoms with Gasteiger partial charge in [0.15, 0.2) is 0 Å². The molecule has 0 bridgehead atoms. The summed E-state index contributed by atoms with van der Waals surface area (Å²) in [5, 5.41) is 22.2. The van der Waals surface area contributed by atoms with E-state index in [4.69, 9.17) is 0 Å². The Bertz CT molecular complexity index is 794. The molecule has 2 atom stereocenters. The molecule has 0 saturated heterocycles. The lowest BCUT2D eigenvalue weighted by molar-refractivity contribution is -0.142. The third-order valence-corrected chi connectivity index (χ3v) is 4.57. The molecule has 0 unspecified atom stereocenters. The molecule has 4 rings (SSSR count). The van der Waals surface area contributed by atoms with Crippen molar-refractivity contribution in [2.75, 3.05) is 0 Å². The highest BCUT2D eigenvalue weighted by Gasteiger charge is 2.44. The lowest BCUT2D eigenvalue weighted by Gasteiger charge is -2.29. The first-order valence-corrected chi connectivity index (χ1v) is 6.88. The number of benzene rings is 2. The number of oxime groups is 1. The minimum Gasteiger partial charge on any atom is -0.481 e. The van der Waals surface area contributed by atoms with Crippen LogP contribution in [-0.4, -0.2) is 22.0 Å². The van der Waals surface area contributed by atoms with Gasteiger partial charge in [-0.05, 0) is 22.3 Å². The molecule has 2 aliphatic rings. The third-order valence-electron chi connectivity index (χ3n) is 4.57. The van der Waals surface area contributed by atoms with Crippen molar-refractivity contribution in [2.45, 2.75) is 12.3 Å². The van der Waals surface area contributed by atoms with Gasteiger partial charge in [-0.2, -0.15) is 0 Å². The molecule has 2 aliphatic carbocycles. The van der Waals surface area contributed by atoms with Crippen LogP contribution in [0.25, 0.3) is 11.1 Å². The summed E-state index contributed by atoms with van der Waals surface area (Å²) in [6.07, 6.45) is 0.251. The van der Waals surface area contributed by atoms with Gasteiger partial charge in [0.05, 0.1) is 11.6 Å². The van der Waals surface area contributed by atoms with Gasteiger partial charge in [-0.15, -0.1) is 0 Å². The number of carboxylic acids is 1. The van der Waals surface area contributed by atoms with Gasteiger partial charge < -0.3 is 10.3 Å². The Kier molecular flexibility index (Phi) is 2.42. The summed E-state index contributed by atoms with van der Waals surface area (Å²) < 4.78 is 0. The summed E-state index contributed by atoms with van der Waals surface area (Å²) >= 11 is 0. The zero-order valence-corrected chi connectivity index (χ0v) is 11.2. The van der Waals surface area contributed by atoms with E-state index in [9.17, 15) is 15.1 Å². The minimum atomic E-state index is -0.849. The smallest absolute Gasteiger partial charge is 0.307 e. The van der Waals surface area contributed by atoms with E-state index in [-0.39, 0.29) is 12.3 Å². The van der Waals surface area contributed by atoms with Gasteiger partial charge in [0.1, 0.15) is 0 Å². The molecule has 2 N–H and O–H groups in total. The monoisotopic (exact) mass is 279 g/mol. The number of fused-ring (bicyclic) bond motifs is 3. The maximum absolute atomic E-state index is 11.7. The molecule has 104 valence electrons. The average molecular weight is 279 g/mol. The number of carboxylic acid groups (broad SMARTS) is 1. The maximum atomic E-state index is 11.7. The van der Waals surface area contributed by atoms with Crippen LogP contribution in [0.4, 0.5) is 0 Å². The molecule has 0 spiro atoms. The van der Waals surface area contributed by atoms with Crippen molar-refractivity contribution >= 4 is 11.7 Å². The van der Waals surface area contributed by atoms with Crippen molar-refractivity contribution in [3.63, 3.8) is 0 Å². The average Bonchev–Trinajstić information content (AvgIpc) is 2.85. The normalized spacial score (nSPS) is 23.7. The lowest BCUT2D eigenvalue weighted by Crippen LogP contribution is -2.30. The number of nitrogens with zero attached hydrogens (tertiary/aromatic N) is 1. The number of aliphatic carboxylic acids is 1. The van der Waals surface area contributed by atoms with E-state index in [0.29, 0.717) is 5.71 Å². The maximum Gasteiger partial charge on any atom is 0.307 e. The summed E-state index contributed by atoms with van der Waals surface area (Å²) in [6.45, 7) is 0. The molecule has 0 radical (unpaired) electrons. The summed E-state index contributed by atoms with van der Waals surface area (Å²) in [4.78, 5) is 11.7. The summed E-state index contributed by atoms with van der Waals surface area (Å²) in [7, 11) is 0. The summed E-state index contributed by atoms with van der Waals surface area (Å²) in [6, 6.07) is 13.8. The van der Waals surface area contributed by atoms with Gasteiger partial charge in [0.25, 0.3) is 0 Å². The predicted molar refractivity (Wildman–Crippen MR) is 77.8 cm³/mol. The van der Waals surface area contributed by atoms with Crippen molar-refractivity contribution in [3.05, 3.63) is 59.2 Å². The Morgan fingerprint density at radius 1 is 1.05 bits per heavy atom. The SMILES string of the molecule is O=C(O)[C@@H]1C/C(=N\O)c2cccc3c2[C@H]1c1ccccc1-3. The van der Waals surface area contributed by atoms with Gasteiger partial charge in [-0.25, -0.2) is 0 Å². The second-order valence-corrected chi connectivity index (χ2v) is 5.53. The zero-order chi connectivity index (χ0) is 14.6. The van der Waals surface area contributed by atoms with E-state index in [0.717, 1.165) is 27.8 Å². The number of hydrogen-bond donors (Lipinski definition) is 2. The number of hydrogen-bond acceptors (Lipinski definition) is 3. The van der Waals surface area contributed by atoms with Crippen LogP contribution in [0.2, 0.25) is 0 Å². The fraction of sp³-hybridized carbons (Fsp3) is 0.176. The first-order valence-electron chi connectivity index (χ1n) is 6.88. The van der Waals surface area contributed by atoms with Gasteiger partial charge in [0.2, 0.25) is 0 Å². The van der Waals surface area contributed by atoms with Crippen molar-refractivity contribution in [1.29, 1.82) is 0 Å². The molecule has 0 aliphatic heterocycles. The topological polar surface area (TPSA) is 69.9 Å². The van der Waals surface area contributed by atoms with Gasteiger partial charge in [-0.1, -0.05) is 47.6 Å². The Hall–Kier alpha value is -2.62. The molecule has 2 aromatic carbocycles. The Balaban J connectivity index is 2.07. The Morgan fingerprint density at radius 2 is 1.76 bits per heavy atom. The van der Waals surface area contributed by atoms with Gasteiger partial charge in [0, 0.05) is 17.9 Å². The van der Waals surface area contributed by atoms with Crippen LogP contribution >= 0.6 is 0 Å². The second kappa shape index (κ2) is 4.19. The highest BCUT2D eigenvalue weighted by atomic mass is 16.4. The van der Waals surface area contributed by atoms with Crippen LogP contribution in [0.1, 0.15) is 29.0 Å². The molecular weight excluding hydrogens is 266 g/mol. The molecule has 2 aromatic rings. The molecule has 0 fully saturated rings. The van der Waals surface area contributed by atoms with E-state index in [2.05, 4.69) is 5.16 Å². The molecule has 0 amide bonds. The van der Waals surface area contributed by atoms with E-state index in [1.165, 1.54) is 0 Å². The number of rotatable bonds is 1. The first kappa shape index (κ1) is 12.1. The molecule has 0 saturated carbocycles. The largest absolute Gasteiger partial charge is 0.481 e. The standard InChI is InChI=1S/C17H13NO3/c19-17(20)13-8-14(18-21)12-7-3-6-11-9-4-1-2-5-10(9)16(13)15(11)12/h1-7,13,16,21H,8H2,(H,19,20)/b18-14+/t13-,16+/m1/s1. The van der Waals surface area contributed by atoms with Crippen LogP contribution < -0.4 is 0 Å². The minimum absolute atomic E-state index is 0.157. The van der Waals surface area contributed by atoms with Crippen molar-refractivity contribution in [1.82, 2.24) is 0 Å². The van der Waals surface area contributed by atoms with E-state index >= 15 is 0 Å². The third kappa shape index (κ3) is 1.50. The van der Waals surface area contributed by atoms with E-state index < -0.39 is 11.9 Å². The summed E-state index contributed by atoms with van der Waals surface area (Å²) in [5.41, 5.74) is 5.52. The van der Waals surface area contributed by atoms with E-state index in [1.807, 2.05) is 42.5 Å². The van der Waals surface area contributed by atoms with Crippen LogP contribution in [-0.2, 0) is 4.79 Å². The zero-order valence-electron chi connectivity index (χ0n) is 11.2. The van der Waals surface area contributed by atoms with Gasteiger partial charge in [-0.3, -0.25) is 4.79 Å². The van der Waals surface area contributed by atoms with Crippen LogP contribution in [0, 0.1) is 5.92 Å². The van der Waals surface area contributed by atoms with Gasteiger partial charge >= 0.3 is 5.97 Å². The fourth-order valence-electron chi connectivity index (χ4n) is 3.73. The highest BCUT2D eigenvalue weighted by molar-refractivity contribution is 6.08. The Morgan fingerprint density at radius 3 is 2.52 bits per heavy atom. The summed E-state index contributed by atoms with van der Waals surface area (Å²) in [5.74, 6) is -1.60. The fourth-order valence-corrected chi connectivity index (χ4v) is 3.73. The molecule has 21 heavy (non-hydrogen) atoms. The molecule has 0 aromatic heterocycles. The van der Waals surface area contributed by atoms with Crippen LogP contribution in [0.3, 0.4) is 0 Å². The van der Waals surface area contributed by atoms with Crippen LogP contribution in [0.5, 0.6) is 0 Å². The second-order valence-electron chi connectivity index (χ2n) is 5.53. The molecule has 0 heterocycles. The predicted octanol–water partition coefficient (Wildman–Crippen LogP) is 3.08. The molecule has 4 nitrogen and oxygen atoms in total. The van der Waals surface area contributed by atoms with E-state index in [1.54, 1.807) is 0 Å². The molecular formula is C17H13NO3. The lowest BCUT2D eigenvalue weighted by atomic mass is 9.73. The van der Waals surface area contributed by atoms with Crippen molar-refractivity contribution in [2.24, 2.45) is 11.1 Å². The van der Waals surface area contributed by atoms with Crippen LogP contribution in [0.15, 0.2) is 47.6 Å². The first-order chi connectivity index (χ1) is 10.2. The Labute approximate surface area is 121 Å². The molecule has 4 heteroatoms. The number of carbonyl (C=O) groups is 1. The highest BCUT2D eigenvalue weighted by Crippen LogP contribution is 2.53. The quantitative estimate of drug-likeness (QED) is 0.622. The van der Waals surface area contributed by atoms with Crippen molar-refractivity contribution < 1.29 is 15.1 Å².